The van der Waals surface area contributed by atoms with Crippen molar-refractivity contribution in [2.24, 2.45) is 0 Å². The fraction of sp³-hybridized carbons (Fsp3) is 0.750. The molecule has 0 fully saturated rings. The fourth-order valence-corrected chi connectivity index (χ4v) is 2.24. The number of rotatable bonds is 10. The highest BCUT2D eigenvalue weighted by atomic mass is 15.2. The maximum absolute atomic E-state index is 4.58. The van der Waals surface area contributed by atoms with E-state index in [1.54, 1.807) is 0 Å². The van der Waals surface area contributed by atoms with E-state index in [1.165, 1.54) is 0 Å². The Labute approximate surface area is 129 Å². The second-order valence-corrected chi connectivity index (χ2v) is 5.37. The van der Waals surface area contributed by atoms with Gasteiger partial charge in [-0.25, -0.2) is 9.97 Å². The molecule has 5 nitrogen and oxygen atoms in total. The van der Waals surface area contributed by atoms with Gasteiger partial charge in [0.1, 0.15) is 17.5 Å². The highest BCUT2D eigenvalue weighted by Crippen LogP contribution is 2.13. The molecule has 0 aliphatic rings. The van der Waals surface area contributed by atoms with E-state index in [0.29, 0.717) is 6.04 Å². The summed E-state index contributed by atoms with van der Waals surface area (Å²) in [5, 5.41) is 6.84. The molecular formula is C16H31N5. The molecule has 1 unspecified atom stereocenters. The molecule has 1 aromatic rings. The Hall–Kier alpha value is -1.36. The third kappa shape index (κ3) is 6.29. The predicted molar refractivity (Wildman–Crippen MR) is 91.1 cm³/mol. The SMILES string of the molecule is CCCNc1cc(NC(C)CN(CC)CC)nc(CC)n1. The van der Waals surface area contributed by atoms with Gasteiger partial charge in [-0.15, -0.1) is 0 Å². The second-order valence-electron chi connectivity index (χ2n) is 5.37. The van der Waals surface area contributed by atoms with Crippen molar-refractivity contribution in [2.45, 2.75) is 53.5 Å². The lowest BCUT2D eigenvalue weighted by Crippen LogP contribution is -2.35. The lowest BCUT2D eigenvalue weighted by Gasteiger charge is -2.24. The molecule has 5 heteroatoms. The van der Waals surface area contributed by atoms with E-state index >= 15 is 0 Å². The average molecular weight is 293 g/mol. The average Bonchev–Trinajstić information content (AvgIpc) is 2.50. The molecule has 21 heavy (non-hydrogen) atoms. The number of aryl methyl sites for hydroxylation is 1. The standard InChI is InChI=1S/C16H31N5/c1-6-10-17-15-11-16(20-14(7-2)19-15)18-13(5)12-21(8-3)9-4/h11,13H,6-10,12H2,1-5H3,(H2,17,18,19,20). The molecule has 2 N–H and O–H groups in total. The third-order valence-electron chi connectivity index (χ3n) is 3.47. The molecule has 1 aromatic heterocycles. The van der Waals surface area contributed by atoms with Crippen molar-refractivity contribution in [3.8, 4) is 0 Å². The Morgan fingerprint density at radius 1 is 1.10 bits per heavy atom. The van der Waals surface area contributed by atoms with Gasteiger partial charge in [0.2, 0.25) is 0 Å². The van der Waals surface area contributed by atoms with Crippen LogP contribution in [0.4, 0.5) is 11.6 Å². The van der Waals surface area contributed by atoms with Gasteiger partial charge in [0, 0.05) is 31.6 Å². The summed E-state index contributed by atoms with van der Waals surface area (Å²) in [5.74, 6) is 2.72. The molecule has 0 aliphatic heterocycles. The van der Waals surface area contributed by atoms with Gasteiger partial charge in [-0.3, -0.25) is 0 Å². The minimum absolute atomic E-state index is 0.364. The lowest BCUT2D eigenvalue weighted by molar-refractivity contribution is 0.294. The van der Waals surface area contributed by atoms with E-state index in [1.807, 2.05) is 6.07 Å². The van der Waals surface area contributed by atoms with Gasteiger partial charge in [0.15, 0.2) is 0 Å². The summed E-state index contributed by atoms with van der Waals surface area (Å²) in [6.45, 7) is 15.0. The van der Waals surface area contributed by atoms with Crippen LogP contribution < -0.4 is 10.6 Å². The summed E-state index contributed by atoms with van der Waals surface area (Å²) in [5.41, 5.74) is 0. The highest BCUT2D eigenvalue weighted by Gasteiger charge is 2.09. The van der Waals surface area contributed by atoms with E-state index < -0.39 is 0 Å². The van der Waals surface area contributed by atoms with Crippen molar-refractivity contribution < 1.29 is 0 Å². The van der Waals surface area contributed by atoms with Crippen molar-refractivity contribution in [2.75, 3.05) is 36.8 Å². The number of anilines is 2. The van der Waals surface area contributed by atoms with Crippen LogP contribution in [0.5, 0.6) is 0 Å². The first-order valence-corrected chi connectivity index (χ1v) is 8.23. The maximum Gasteiger partial charge on any atom is 0.132 e. The first kappa shape index (κ1) is 17.7. The van der Waals surface area contributed by atoms with Crippen molar-refractivity contribution in [1.82, 2.24) is 14.9 Å². The van der Waals surface area contributed by atoms with Gasteiger partial charge < -0.3 is 15.5 Å². The quantitative estimate of drug-likeness (QED) is 0.694. The fourth-order valence-electron chi connectivity index (χ4n) is 2.24. The number of hydrogen-bond donors (Lipinski definition) is 2. The van der Waals surface area contributed by atoms with Gasteiger partial charge >= 0.3 is 0 Å². The topological polar surface area (TPSA) is 53.1 Å². The molecule has 0 saturated carbocycles. The molecule has 0 spiro atoms. The van der Waals surface area contributed by atoms with E-state index in [4.69, 9.17) is 0 Å². The number of nitrogens with one attached hydrogen (secondary N) is 2. The van der Waals surface area contributed by atoms with Crippen LogP contribution in [0.15, 0.2) is 6.07 Å². The van der Waals surface area contributed by atoms with Gasteiger partial charge in [0.05, 0.1) is 0 Å². The number of likely N-dealkylation sites (N-methyl/N-ethyl adjacent to an activating group) is 1. The zero-order chi connectivity index (χ0) is 15.7. The molecule has 0 aromatic carbocycles. The Kier molecular flexibility index (Phi) is 8.05. The zero-order valence-corrected chi connectivity index (χ0v) is 14.2. The van der Waals surface area contributed by atoms with E-state index in [-0.39, 0.29) is 0 Å². The molecule has 1 rings (SSSR count). The molecule has 1 atom stereocenters. The number of nitrogens with zero attached hydrogens (tertiary/aromatic N) is 3. The molecule has 0 radical (unpaired) electrons. The van der Waals surface area contributed by atoms with Crippen LogP contribution in [-0.2, 0) is 6.42 Å². The molecule has 0 aliphatic carbocycles. The Balaban J connectivity index is 2.71. The van der Waals surface area contributed by atoms with Crippen molar-refractivity contribution in [3.63, 3.8) is 0 Å². The van der Waals surface area contributed by atoms with Crippen molar-refractivity contribution >= 4 is 11.6 Å². The first-order chi connectivity index (χ1) is 10.1. The molecular weight excluding hydrogens is 262 g/mol. The smallest absolute Gasteiger partial charge is 0.132 e. The van der Waals surface area contributed by atoms with Crippen LogP contribution in [0.3, 0.4) is 0 Å². The van der Waals surface area contributed by atoms with E-state index in [9.17, 15) is 0 Å². The Bertz CT molecular complexity index is 404. The Morgan fingerprint density at radius 3 is 2.33 bits per heavy atom. The van der Waals surface area contributed by atoms with Gasteiger partial charge in [-0.1, -0.05) is 27.7 Å². The number of hydrogen-bond acceptors (Lipinski definition) is 5. The summed E-state index contributed by atoms with van der Waals surface area (Å²) in [6, 6.07) is 2.37. The third-order valence-corrected chi connectivity index (χ3v) is 3.47. The summed E-state index contributed by atoms with van der Waals surface area (Å²) >= 11 is 0. The van der Waals surface area contributed by atoms with Crippen LogP contribution in [0.1, 0.15) is 46.9 Å². The lowest BCUT2D eigenvalue weighted by atomic mass is 10.3. The van der Waals surface area contributed by atoms with Gasteiger partial charge in [-0.05, 0) is 26.4 Å². The minimum Gasteiger partial charge on any atom is -0.370 e. The van der Waals surface area contributed by atoms with E-state index in [0.717, 1.165) is 56.5 Å². The summed E-state index contributed by atoms with van der Waals surface area (Å²) in [4.78, 5) is 11.5. The second kappa shape index (κ2) is 9.55. The van der Waals surface area contributed by atoms with E-state index in [2.05, 4.69) is 60.1 Å². The first-order valence-electron chi connectivity index (χ1n) is 8.23. The maximum atomic E-state index is 4.58. The van der Waals surface area contributed by atoms with Crippen LogP contribution >= 0.6 is 0 Å². The predicted octanol–water partition coefficient (Wildman–Crippen LogP) is 3.00. The van der Waals surface area contributed by atoms with Crippen molar-refractivity contribution in [1.29, 1.82) is 0 Å². The van der Waals surface area contributed by atoms with Crippen LogP contribution in [0.25, 0.3) is 0 Å². The normalized spacial score (nSPS) is 12.5. The molecule has 0 saturated heterocycles. The van der Waals surface area contributed by atoms with Gasteiger partial charge in [0.25, 0.3) is 0 Å². The largest absolute Gasteiger partial charge is 0.370 e. The van der Waals surface area contributed by atoms with Crippen LogP contribution in [-0.4, -0.2) is 47.1 Å². The van der Waals surface area contributed by atoms with Crippen LogP contribution in [0, 0.1) is 0 Å². The molecule has 0 amide bonds. The monoisotopic (exact) mass is 293 g/mol. The Morgan fingerprint density at radius 2 is 1.76 bits per heavy atom. The molecule has 1 heterocycles. The summed E-state index contributed by atoms with van der Waals surface area (Å²) in [6.07, 6.45) is 1.94. The van der Waals surface area contributed by atoms with Crippen LogP contribution in [0.2, 0.25) is 0 Å². The van der Waals surface area contributed by atoms with Crippen molar-refractivity contribution in [3.05, 3.63) is 11.9 Å². The van der Waals surface area contributed by atoms with Gasteiger partial charge in [-0.2, -0.15) is 0 Å². The molecule has 120 valence electrons. The summed E-state index contributed by atoms with van der Waals surface area (Å²) < 4.78 is 0. The number of aromatic nitrogens is 2. The zero-order valence-electron chi connectivity index (χ0n) is 14.2. The summed E-state index contributed by atoms with van der Waals surface area (Å²) in [7, 11) is 0. The molecule has 0 bridgehead atoms. The minimum atomic E-state index is 0.364. The highest BCUT2D eigenvalue weighted by molar-refractivity contribution is 5.48.